The van der Waals surface area contributed by atoms with Gasteiger partial charge in [0.1, 0.15) is 0 Å². The first-order valence-corrected chi connectivity index (χ1v) is 18.9. The number of nitrogens with two attached hydrogens (primary N) is 1. The first kappa shape index (κ1) is 46.5. The second kappa shape index (κ2) is 45.5. The van der Waals surface area contributed by atoms with Crippen LogP contribution >= 0.6 is 22.6 Å². The van der Waals surface area contributed by atoms with Crippen molar-refractivity contribution in [1.82, 2.24) is 5.32 Å². The highest BCUT2D eigenvalue weighted by Crippen LogP contribution is 2.12. The van der Waals surface area contributed by atoms with Gasteiger partial charge in [-0.05, 0) is 102 Å². The lowest BCUT2D eigenvalue weighted by molar-refractivity contribution is -0.141. The summed E-state index contributed by atoms with van der Waals surface area (Å²) in [6, 6.07) is 0. The van der Waals surface area contributed by atoms with Gasteiger partial charge in [0.2, 0.25) is 0 Å². The molecule has 0 amide bonds. The Kier molecular flexibility index (Phi) is 49.2. The quantitative estimate of drug-likeness (QED) is 0.0263. The van der Waals surface area contributed by atoms with Crippen molar-refractivity contribution in [2.75, 3.05) is 39.3 Å². The number of hydrogen-bond acceptors (Lipinski definition) is 6. The largest absolute Gasteiger partial charge is 0.469 e. The Morgan fingerprint density at radius 1 is 0.535 bits per heavy atom. The van der Waals surface area contributed by atoms with Crippen molar-refractivity contribution in [1.29, 1.82) is 0 Å². The Hall–Kier alpha value is -0.930. The molecule has 0 atom stereocenters. The average Bonchev–Trinajstić information content (AvgIpc) is 3.04. The lowest BCUT2D eigenvalue weighted by atomic mass is 10.1. The minimum absolute atomic E-state index is 0.0738. The summed E-state index contributed by atoms with van der Waals surface area (Å²) in [4.78, 5) is 21.8. The molecule has 7 heteroatoms. The molecule has 0 aromatic heterocycles. The number of unbranched alkanes of at least 4 members (excludes halogenated alkanes) is 18. The zero-order chi connectivity index (χ0) is 32.5. The fraction of sp³-hybridized carbons (Fsp3) is 0.833. The van der Waals surface area contributed by atoms with Crippen LogP contribution in [0.15, 0.2) is 24.3 Å². The van der Waals surface area contributed by atoms with E-state index in [1.54, 1.807) is 0 Å². The van der Waals surface area contributed by atoms with Gasteiger partial charge in [0.15, 0.2) is 0 Å². The molecular weight excluding hydrogens is 651 g/mol. The van der Waals surface area contributed by atoms with E-state index in [4.69, 9.17) is 0 Å². The first-order chi connectivity index (χ1) is 21.1. The monoisotopic (exact) mass is 722 g/mol. The predicted octanol–water partition coefficient (Wildman–Crippen LogP) is 10.0. The molecule has 0 saturated carbocycles. The second-order valence-corrected chi connectivity index (χ2v) is 12.0. The van der Waals surface area contributed by atoms with E-state index in [1.165, 1.54) is 141 Å². The molecule has 6 nitrogen and oxygen atoms in total. The van der Waals surface area contributed by atoms with Crippen LogP contribution in [0.2, 0.25) is 0 Å². The highest BCUT2D eigenvalue weighted by molar-refractivity contribution is 14.1. The summed E-state index contributed by atoms with van der Waals surface area (Å²) >= 11 is 2.44. The Balaban J connectivity index is -0.000000704. The van der Waals surface area contributed by atoms with E-state index in [0.29, 0.717) is 12.8 Å². The third-order valence-corrected chi connectivity index (χ3v) is 7.86. The molecule has 0 aliphatic heterocycles. The van der Waals surface area contributed by atoms with Crippen molar-refractivity contribution in [2.45, 2.75) is 154 Å². The smallest absolute Gasteiger partial charge is 0.305 e. The number of allylic oxidation sites excluding steroid dienone is 4. The van der Waals surface area contributed by atoms with Gasteiger partial charge in [0.05, 0.1) is 14.2 Å². The van der Waals surface area contributed by atoms with E-state index in [-0.39, 0.29) is 11.9 Å². The van der Waals surface area contributed by atoms with Crippen molar-refractivity contribution in [2.24, 2.45) is 5.73 Å². The Morgan fingerprint density at radius 3 is 1.16 bits per heavy atom. The summed E-state index contributed by atoms with van der Waals surface area (Å²) in [7, 11) is 6.43. The molecule has 0 bridgehead atoms. The van der Waals surface area contributed by atoms with Crippen LogP contribution in [0.1, 0.15) is 154 Å². The predicted molar refractivity (Wildman–Crippen MR) is 196 cm³/mol. The molecule has 0 aromatic carbocycles. The molecule has 0 spiro atoms. The van der Waals surface area contributed by atoms with Gasteiger partial charge in [-0.1, -0.05) is 111 Å². The summed E-state index contributed by atoms with van der Waals surface area (Å²) in [5.41, 5.74) is 4.50. The zero-order valence-electron chi connectivity index (χ0n) is 28.8. The standard InChI is InChI=1S/C18H35NO2.C17H31IO2.CH5N/c1-19-17-15-13-11-9-7-5-3-4-6-8-10-12-14-16-18(20)21-2;1-20-17(19)15-13-11-9-7-5-3-2-4-6-8-10-12-14-16-18;1-2/h7,9,19H,3-6,8,10-17H2,1-2H3;6,8H,2-5,7,9-16H2,1H3;2H2,1H3/b9-7-;8-6-;. The van der Waals surface area contributed by atoms with E-state index < -0.39 is 0 Å². The topological polar surface area (TPSA) is 90.7 Å². The molecule has 0 rings (SSSR count). The van der Waals surface area contributed by atoms with Gasteiger partial charge < -0.3 is 20.5 Å². The summed E-state index contributed by atoms with van der Waals surface area (Å²) in [5, 5.41) is 3.17. The van der Waals surface area contributed by atoms with Crippen LogP contribution in [0, 0.1) is 0 Å². The highest BCUT2D eigenvalue weighted by atomic mass is 127. The third-order valence-electron chi connectivity index (χ3n) is 7.09. The summed E-state index contributed by atoms with van der Waals surface area (Å²) in [6.07, 6.45) is 38.1. The minimum atomic E-state index is -0.0762. The molecule has 0 unspecified atom stereocenters. The molecule has 43 heavy (non-hydrogen) atoms. The fourth-order valence-corrected chi connectivity index (χ4v) is 4.97. The zero-order valence-corrected chi connectivity index (χ0v) is 30.9. The molecule has 0 saturated heterocycles. The summed E-state index contributed by atoms with van der Waals surface area (Å²) in [6.45, 7) is 1.13. The Morgan fingerprint density at radius 2 is 0.837 bits per heavy atom. The van der Waals surface area contributed by atoms with Crippen molar-refractivity contribution in [3.63, 3.8) is 0 Å². The van der Waals surface area contributed by atoms with E-state index in [0.717, 1.165) is 32.2 Å². The van der Waals surface area contributed by atoms with Crippen LogP contribution in [0.4, 0.5) is 0 Å². The molecule has 256 valence electrons. The highest BCUT2D eigenvalue weighted by Gasteiger charge is 2.00. The average molecular weight is 723 g/mol. The molecular formula is C36H71IN2O4. The SMILES string of the molecule is CN.CNCCCC/C=C\CCCCCCCCCC(=O)OC.COC(=O)CCCCCCCCC/C=C\CCCCI. The van der Waals surface area contributed by atoms with Crippen LogP contribution < -0.4 is 11.1 Å². The number of rotatable bonds is 29. The number of halogens is 1. The van der Waals surface area contributed by atoms with E-state index >= 15 is 0 Å². The number of ether oxygens (including phenoxy) is 2. The Labute approximate surface area is 281 Å². The number of nitrogens with one attached hydrogen (secondary N) is 1. The molecule has 0 heterocycles. The number of methoxy groups -OCH3 is 2. The van der Waals surface area contributed by atoms with Crippen molar-refractivity contribution in [3.8, 4) is 0 Å². The maximum absolute atomic E-state index is 10.9. The second-order valence-electron chi connectivity index (χ2n) is 10.9. The van der Waals surface area contributed by atoms with E-state index in [9.17, 15) is 9.59 Å². The maximum atomic E-state index is 10.9. The van der Waals surface area contributed by atoms with Gasteiger partial charge in [-0.15, -0.1) is 0 Å². The van der Waals surface area contributed by atoms with Gasteiger partial charge >= 0.3 is 11.9 Å². The molecule has 0 radical (unpaired) electrons. The molecule has 0 aliphatic rings. The van der Waals surface area contributed by atoms with Gasteiger partial charge in [-0.2, -0.15) is 0 Å². The van der Waals surface area contributed by atoms with Crippen LogP contribution in [0.5, 0.6) is 0 Å². The first-order valence-electron chi connectivity index (χ1n) is 17.3. The number of alkyl halides is 1. The van der Waals surface area contributed by atoms with Gasteiger partial charge in [-0.3, -0.25) is 9.59 Å². The van der Waals surface area contributed by atoms with E-state index in [2.05, 4.69) is 67.4 Å². The lowest BCUT2D eigenvalue weighted by Crippen LogP contribution is -2.06. The molecule has 0 fully saturated rings. The van der Waals surface area contributed by atoms with Crippen molar-refractivity contribution < 1.29 is 19.1 Å². The molecule has 0 aromatic rings. The van der Waals surface area contributed by atoms with Crippen LogP contribution in [0.3, 0.4) is 0 Å². The molecule has 3 N–H and O–H groups in total. The van der Waals surface area contributed by atoms with Crippen LogP contribution in [-0.4, -0.2) is 51.2 Å². The number of carbonyl (C=O) groups excluding carboxylic acids is 2. The number of carbonyl (C=O) groups is 2. The lowest BCUT2D eigenvalue weighted by Gasteiger charge is -2.01. The molecule has 0 aliphatic carbocycles. The van der Waals surface area contributed by atoms with Crippen molar-refractivity contribution >= 4 is 34.5 Å². The van der Waals surface area contributed by atoms with Crippen molar-refractivity contribution in [3.05, 3.63) is 24.3 Å². The summed E-state index contributed by atoms with van der Waals surface area (Å²) in [5.74, 6) is -0.150. The summed E-state index contributed by atoms with van der Waals surface area (Å²) < 4.78 is 10.5. The number of esters is 2. The van der Waals surface area contributed by atoms with Crippen LogP contribution in [0.25, 0.3) is 0 Å². The third kappa shape index (κ3) is 48.2. The Bertz CT molecular complexity index is 600. The van der Waals surface area contributed by atoms with E-state index in [1.807, 2.05) is 7.05 Å². The van der Waals surface area contributed by atoms with Gasteiger partial charge in [0.25, 0.3) is 0 Å². The normalized spacial score (nSPS) is 10.7. The van der Waals surface area contributed by atoms with Crippen LogP contribution in [-0.2, 0) is 19.1 Å². The fourth-order valence-electron chi connectivity index (χ4n) is 4.43. The van der Waals surface area contributed by atoms with Gasteiger partial charge in [0, 0.05) is 12.8 Å². The number of hydrogen-bond donors (Lipinski definition) is 2. The minimum Gasteiger partial charge on any atom is -0.469 e. The maximum Gasteiger partial charge on any atom is 0.305 e. The van der Waals surface area contributed by atoms with Gasteiger partial charge in [-0.25, -0.2) is 0 Å².